The molecule has 0 fully saturated rings. The van der Waals surface area contributed by atoms with Crippen LogP contribution in [0.3, 0.4) is 0 Å². The highest BCUT2D eigenvalue weighted by Crippen LogP contribution is 2.22. The first-order valence-corrected chi connectivity index (χ1v) is 6.87. The smallest absolute Gasteiger partial charge is 0.307 e. The SMILES string of the molecule is CSC(C)(C)CNC(=O)c1cc(F)c([N+](=O)[O-])cc1F. The summed E-state index contributed by atoms with van der Waals surface area (Å²) in [5.74, 6) is -3.18. The van der Waals surface area contributed by atoms with E-state index in [1.54, 1.807) is 0 Å². The van der Waals surface area contributed by atoms with Crippen LogP contribution in [0, 0.1) is 21.7 Å². The molecule has 1 amide bonds. The number of hydrogen-bond acceptors (Lipinski definition) is 4. The topological polar surface area (TPSA) is 72.2 Å². The predicted molar refractivity (Wildman–Crippen MR) is 72.9 cm³/mol. The molecule has 20 heavy (non-hydrogen) atoms. The van der Waals surface area contributed by atoms with Crippen molar-refractivity contribution in [2.45, 2.75) is 18.6 Å². The highest BCUT2D eigenvalue weighted by molar-refractivity contribution is 7.99. The number of benzene rings is 1. The minimum absolute atomic E-state index is 0.255. The predicted octanol–water partition coefficient (Wildman–Crippen LogP) is 2.74. The molecule has 0 aliphatic heterocycles. The molecule has 5 nitrogen and oxygen atoms in total. The average molecular weight is 304 g/mol. The van der Waals surface area contributed by atoms with E-state index in [4.69, 9.17) is 0 Å². The van der Waals surface area contributed by atoms with Crippen molar-refractivity contribution in [3.63, 3.8) is 0 Å². The minimum Gasteiger partial charge on any atom is -0.351 e. The van der Waals surface area contributed by atoms with Crippen molar-refractivity contribution in [2.24, 2.45) is 0 Å². The first-order valence-electron chi connectivity index (χ1n) is 5.65. The molecule has 0 radical (unpaired) electrons. The van der Waals surface area contributed by atoms with Crippen molar-refractivity contribution >= 4 is 23.4 Å². The quantitative estimate of drug-likeness (QED) is 0.670. The maximum atomic E-state index is 13.6. The molecule has 1 N–H and O–H groups in total. The van der Waals surface area contributed by atoms with Gasteiger partial charge in [0.15, 0.2) is 0 Å². The Kier molecular flexibility index (Phi) is 5.04. The number of nitrogens with one attached hydrogen (secondary N) is 1. The second-order valence-corrected chi connectivity index (χ2v) is 6.20. The summed E-state index contributed by atoms with van der Waals surface area (Å²) in [5, 5.41) is 12.9. The Balaban J connectivity index is 2.95. The summed E-state index contributed by atoms with van der Waals surface area (Å²) in [6.07, 6.45) is 1.86. The molecule has 110 valence electrons. The van der Waals surface area contributed by atoms with Gasteiger partial charge in [0.05, 0.1) is 16.6 Å². The van der Waals surface area contributed by atoms with Crippen molar-refractivity contribution in [1.29, 1.82) is 0 Å². The van der Waals surface area contributed by atoms with Crippen LogP contribution in [0.25, 0.3) is 0 Å². The van der Waals surface area contributed by atoms with Gasteiger partial charge < -0.3 is 5.32 Å². The fourth-order valence-electron chi connectivity index (χ4n) is 1.31. The molecule has 0 unspecified atom stereocenters. The van der Waals surface area contributed by atoms with E-state index in [9.17, 15) is 23.7 Å². The van der Waals surface area contributed by atoms with E-state index < -0.39 is 33.7 Å². The van der Waals surface area contributed by atoms with Crippen LogP contribution in [0.4, 0.5) is 14.5 Å². The molecule has 0 heterocycles. The molecule has 0 spiro atoms. The van der Waals surface area contributed by atoms with Gasteiger partial charge in [-0.2, -0.15) is 16.2 Å². The third-order valence-corrected chi connectivity index (χ3v) is 3.95. The molecule has 8 heteroatoms. The molecular formula is C12H14F2N2O3S. The van der Waals surface area contributed by atoms with Gasteiger partial charge in [0.2, 0.25) is 5.82 Å². The molecule has 0 atom stereocenters. The Morgan fingerprint density at radius 1 is 1.40 bits per heavy atom. The van der Waals surface area contributed by atoms with E-state index in [0.29, 0.717) is 12.1 Å². The second kappa shape index (κ2) is 6.17. The number of hydrogen-bond donors (Lipinski definition) is 1. The Hall–Kier alpha value is -1.70. The van der Waals surface area contributed by atoms with Gasteiger partial charge in [0, 0.05) is 11.3 Å². The third kappa shape index (κ3) is 3.89. The molecule has 1 aromatic rings. The van der Waals surface area contributed by atoms with E-state index in [2.05, 4.69) is 5.32 Å². The first-order chi connectivity index (χ1) is 9.18. The van der Waals surface area contributed by atoms with Crippen LogP contribution in [0.15, 0.2) is 12.1 Å². The minimum atomic E-state index is -1.24. The molecule has 0 aromatic heterocycles. The highest BCUT2D eigenvalue weighted by Gasteiger charge is 2.23. The van der Waals surface area contributed by atoms with Gasteiger partial charge >= 0.3 is 5.69 Å². The fourth-order valence-corrected chi connectivity index (χ4v) is 1.53. The van der Waals surface area contributed by atoms with Crippen molar-refractivity contribution in [3.8, 4) is 0 Å². The lowest BCUT2D eigenvalue weighted by Gasteiger charge is -2.22. The average Bonchev–Trinajstić information content (AvgIpc) is 2.38. The van der Waals surface area contributed by atoms with Gasteiger partial charge in [-0.25, -0.2) is 4.39 Å². The fraction of sp³-hybridized carbons (Fsp3) is 0.417. The van der Waals surface area contributed by atoms with Gasteiger partial charge in [-0.05, 0) is 26.2 Å². The van der Waals surface area contributed by atoms with E-state index in [-0.39, 0.29) is 11.3 Å². The summed E-state index contributed by atoms with van der Waals surface area (Å²) in [6, 6.07) is 0.943. The van der Waals surface area contributed by atoms with Crippen LogP contribution in [-0.4, -0.2) is 28.4 Å². The monoisotopic (exact) mass is 304 g/mol. The molecule has 1 rings (SSSR count). The molecule has 0 saturated carbocycles. The number of thioether (sulfide) groups is 1. The molecule has 0 aliphatic rings. The molecule has 1 aromatic carbocycles. The lowest BCUT2D eigenvalue weighted by atomic mass is 10.1. The van der Waals surface area contributed by atoms with Gasteiger partial charge in [0.1, 0.15) is 5.82 Å². The summed E-state index contributed by atoms with van der Waals surface area (Å²) in [7, 11) is 0. The van der Waals surface area contributed by atoms with Crippen LogP contribution < -0.4 is 5.32 Å². The van der Waals surface area contributed by atoms with Gasteiger partial charge in [0.25, 0.3) is 5.91 Å². The van der Waals surface area contributed by atoms with Crippen LogP contribution >= 0.6 is 11.8 Å². The Morgan fingerprint density at radius 2 is 2.00 bits per heavy atom. The highest BCUT2D eigenvalue weighted by atomic mass is 32.2. The zero-order valence-electron chi connectivity index (χ0n) is 11.2. The van der Waals surface area contributed by atoms with Crippen molar-refractivity contribution in [1.82, 2.24) is 5.32 Å². The number of halogens is 2. The van der Waals surface area contributed by atoms with Crippen LogP contribution in [0.2, 0.25) is 0 Å². The summed E-state index contributed by atoms with van der Waals surface area (Å²) < 4.78 is 26.7. The summed E-state index contributed by atoms with van der Waals surface area (Å²) in [4.78, 5) is 21.2. The first kappa shape index (κ1) is 16.4. The number of nitrogens with zero attached hydrogens (tertiary/aromatic N) is 1. The van der Waals surface area contributed by atoms with Crippen molar-refractivity contribution in [3.05, 3.63) is 39.4 Å². The zero-order chi connectivity index (χ0) is 15.5. The largest absolute Gasteiger partial charge is 0.351 e. The zero-order valence-corrected chi connectivity index (χ0v) is 12.0. The van der Waals surface area contributed by atoms with E-state index >= 15 is 0 Å². The number of rotatable bonds is 5. The van der Waals surface area contributed by atoms with E-state index in [0.717, 1.165) is 0 Å². The van der Waals surface area contributed by atoms with Gasteiger partial charge in [-0.15, -0.1) is 0 Å². The maximum absolute atomic E-state index is 13.6. The number of carbonyl (C=O) groups excluding carboxylic acids is 1. The lowest BCUT2D eigenvalue weighted by Crippen LogP contribution is -2.36. The Labute approximate surface area is 118 Å². The molecule has 0 bridgehead atoms. The second-order valence-electron chi connectivity index (χ2n) is 4.69. The standard InChI is InChI=1S/C12H14F2N2O3S/c1-12(2,20-3)6-15-11(17)7-4-9(14)10(16(18)19)5-8(7)13/h4-5H,6H2,1-3H3,(H,15,17). The maximum Gasteiger partial charge on any atom is 0.307 e. The molecule has 0 saturated heterocycles. The number of amides is 1. The lowest BCUT2D eigenvalue weighted by molar-refractivity contribution is -0.387. The van der Waals surface area contributed by atoms with E-state index in [1.807, 2.05) is 20.1 Å². The molecule has 0 aliphatic carbocycles. The van der Waals surface area contributed by atoms with Crippen molar-refractivity contribution in [2.75, 3.05) is 12.8 Å². The number of nitro benzene ring substituents is 1. The van der Waals surface area contributed by atoms with Crippen molar-refractivity contribution < 1.29 is 18.5 Å². The summed E-state index contributed by atoms with van der Waals surface area (Å²) >= 11 is 1.51. The van der Waals surface area contributed by atoms with Gasteiger partial charge in [-0.1, -0.05) is 0 Å². The third-order valence-electron chi connectivity index (χ3n) is 2.71. The summed E-state index contributed by atoms with van der Waals surface area (Å²) in [5.41, 5.74) is -1.55. The number of nitro groups is 1. The van der Waals surface area contributed by atoms with E-state index in [1.165, 1.54) is 11.8 Å². The van der Waals surface area contributed by atoms with Crippen LogP contribution in [0.5, 0.6) is 0 Å². The van der Waals surface area contributed by atoms with Gasteiger partial charge in [-0.3, -0.25) is 14.9 Å². The summed E-state index contributed by atoms with van der Waals surface area (Å²) in [6.45, 7) is 4.01. The van der Waals surface area contributed by atoms with Crippen LogP contribution in [0.1, 0.15) is 24.2 Å². The molecular weight excluding hydrogens is 290 g/mol. The Bertz CT molecular complexity index is 550. The van der Waals surface area contributed by atoms with Crippen LogP contribution in [-0.2, 0) is 0 Å². The Morgan fingerprint density at radius 3 is 2.50 bits per heavy atom. The number of carbonyl (C=O) groups is 1. The normalized spacial score (nSPS) is 11.2.